The average molecular weight is 341 g/mol. The maximum Gasteiger partial charge on any atom is 0.149 e. The van der Waals surface area contributed by atoms with E-state index in [4.69, 9.17) is 4.52 Å². The van der Waals surface area contributed by atoms with E-state index in [0.29, 0.717) is 5.52 Å². The first-order chi connectivity index (χ1) is 12.1. The number of aromatic nitrogens is 3. The molecule has 1 aliphatic heterocycles. The molecule has 1 fully saturated rings. The van der Waals surface area contributed by atoms with E-state index in [-0.39, 0.29) is 5.82 Å². The maximum absolute atomic E-state index is 14.0. The smallest absolute Gasteiger partial charge is 0.149 e. The van der Waals surface area contributed by atoms with Crippen LogP contribution in [0.5, 0.6) is 0 Å². The Bertz CT molecular complexity index is 882. The zero-order chi connectivity index (χ0) is 17.4. The number of aryl methyl sites for hydroxylation is 2. The van der Waals surface area contributed by atoms with Gasteiger partial charge in [0.1, 0.15) is 29.2 Å². The summed E-state index contributed by atoms with van der Waals surface area (Å²) in [5.41, 5.74) is 2.51. The standard InChI is InChI=1S/C18H20FN5O/c1-12-15(13(2)25-22-12)10-23-6-8-24(9-7-23)18-14-4-3-5-16(19)17(14)20-11-21-18/h3-5,11H,6-10H2,1-2H3. The van der Waals surface area contributed by atoms with Crippen molar-refractivity contribution >= 4 is 16.7 Å². The molecule has 0 saturated carbocycles. The normalized spacial score (nSPS) is 15.9. The van der Waals surface area contributed by atoms with Crippen LogP contribution in [-0.4, -0.2) is 46.2 Å². The molecular weight excluding hydrogens is 321 g/mol. The topological polar surface area (TPSA) is 58.3 Å². The molecule has 130 valence electrons. The van der Waals surface area contributed by atoms with Crippen LogP contribution >= 0.6 is 0 Å². The van der Waals surface area contributed by atoms with Crippen LogP contribution in [-0.2, 0) is 6.54 Å². The summed E-state index contributed by atoms with van der Waals surface area (Å²) in [6.45, 7) is 8.26. The van der Waals surface area contributed by atoms with Crippen molar-refractivity contribution in [2.45, 2.75) is 20.4 Å². The van der Waals surface area contributed by atoms with Crippen LogP contribution in [0, 0.1) is 19.7 Å². The molecule has 3 heterocycles. The number of anilines is 1. The Labute approximate surface area is 145 Å². The van der Waals surface area contributed by atoms with E-state index in [1.54, 1.807) is 6.07 Å². The van der Waals surface area contributed by atoms with Gasteiger partial charge in [-0.25, -0.2) is 14.4 Å². The SMILES string of the molecule is Cc1noc(C)c1CN1CCN(c2ncnc3c(F)cccc23)CC1. The first-order valence-electron chi connectivity index (χ1n) is 8.42. The predicted molar refractivity (Wildman–Crippen MR) is 93.0 cm³/mol. The monoisotopic (exact) mass is 341 g/mol. The lowest BCUT2D eigenvalue weighted by Gasteiger charge is -2.35. The molecule has 0 atom stereocenters. The number of rotatable bonds is 3. The second kappa shape index (κ2) is 6.40. The van der Waals surface area contributed by atoms with Crippen LogP contribution in [0.25, 0.3) is 10.9 Å². The fourth-order valence-corrected chi connectivity index (χ4v) is 3.36. The molecule has 2 aromatic heterocycles. The highest BCUT2D eigenvalue weighted by atomic mass is 19.1. The van der Waals surface area contributed by atoms with Gasteiger partial charge in [-0.2, -0.15) is 0 Å². The Morgan fingerprint density at radius 2 is 1.92 bits per heavy atom. The van der Waals surface area contributed by atoms with Crippen LogP contribution in [0.4, 0.5) is 10.2 Å². The molecular formula is C18H20FN5O. The number of fused-ring (bicyclic) bond motifs is 1. The Morgan fingerprint density at radius 1 is 1.12 bits per heavy atom. The molecule has 1 aliphatic rings. The molecule has 0 amide bonds. The van der Waals surface area contributed by atoms with Crippen molar-refractivity contribution in [3.63, 3.8) is 0 Å². The lowest BCUT2D eigenvalue weighted by molar-refractivity contribution is 0.247. The molecule has 1 saturated heterocycles. The van der Waals surface area contributed by atoms with Crippen molar-refractivity contribution in [3.05, 3.63) is 47.4 Å². The van der Waals surface area contributed by atoms with E-state index < -0.39 is 0 Å². The van der Waals surface area contributed by atoms with Crippen LogP contribution in [0.15, 0.2) is 29.0 Å². The zero-order valence-corrected chi connectivity index (χ0v) is 14.4. The fraction of sp³-hybridized carbons (Fsp3) is 0.389. The Kier molecular flexibility index (Phi) is 4.09. The summed E-state index contributed by atoms with van der Waals surface area (Å²) in [4.78, 5) is 13.1. The number of piperazine rings is 1. The van der Waals surface area contributed by atoms with Crippen molar-refractivity contribution < 1.29 is 8.91 Å². The number of halogens is 1. The van der Waals surface area contributed by atoms with Crippen molar-refractivity contribution in [2.75, 3.05) is 31.1 Å². The van der Waals surface area contributed by atoms with Gasteiger partial charge in [0.15, 0.2) is 0 Å². The highest BCUT2D eigenvalue weighted by Gasteiger charge is 2.22. The minimum absolute atomic E-state index is 0.307. The first kappa shape index (κ1) is 16.0. The lowest BCUT2D eigenvalue weighted by Crippen LogP contribution is -2.46. The van der Waals surface area contributed by atoms with Crippen molar-refractivity contribution in [1.29, 1.82) is 0 Å². The number of hydrogen-bond donors (Lipinski definition) is 0. The van der Waals surface area contributed by atoms with Crippen LogP contribution in [0.2, 0.25) is 0 Å². The summed E-state index contributed by atoms with van der Waals surface area (Å²) in [6.07, 6.45) is 1.44. The molecule has 7 heteroatoms. The highest BCUT2D eigenvalue weighted by Crippen LogP contribution is 2.26. The Balaban J connectivity index is 1.50. The number of nitrogens with zero attached hydrogens (tertiary/aromatic N) is 5. The summed E-state index contributed by atoms with van der Waals surface area (Å²) in [5.74, 6) is 1.39. The zero-order valence-electron chi connectivity index (χ0n) is 14.4. The second-order valence-electron chi connectivity index (χ2n) is 6.40. The van der Waals surface area contributed by atoms with Gasteiger partial charge in [0.2, 0.25) is 0 Å². The maximum atomic E-state index is 14.0. The third-order valence-corrected chi connectivity index (χ3v) is 4.83. The molecule has 0 N–H and O–H groups in total. The highest BCUT2D eigenvalue weighted by molar-refractivity contribution is 5.89. The van der Waals surface area contributed by atoms with Gasteiger partial charge in [-0.05, 0) is 26.0 Å². The first-order valence-corrected chi connectivity index (χ1v) is 8.42. The van der Waals surface area contributed by atoms with Crippen LogP contribution in [0.3, 0.4) is 0 Å². The summed E-state index contributed by atoms with van der Waals surface area (Å²) >= 11 is 0. The van der Waals surface area contributed by atoms with Gasteiger partial charge in [0.25, 0.3) is 0 Å². The minimum atomic E-state index is -0.307. The van der Waals surface area contributed by atoms with Gasteiger partial charge in [-0.1, -0.05) is 11.2 Å². The summed E-state index contributed by atoms with van der Waals surface area (Å²) < 4.78 is 19.2. The van der Waals surface area contributed by atoms with Crippen molar-refractivity contribution in [3.8, 4) is 0 Å². The third-order valence-electron chi connectivity index (χ3n) is 4.83. The molecule has 0 spiro atoms. The number of benzene rings is 1. The second-order valence-corrected chi connectivity index (χ2v) is 6.40. The molecule has 25 heavy (non-hydrogen) atoms. The van der Waals surface area contributed by atoms with Crippen molar-refractivity contribution in [2.24, 2.45) is 0 Å². The van der Waals surface area contributed by atoms with Gasteiger partial charge in [-0.15, -0.1) is 0 Å². The van der Waals surface area contributed by atoms with Gasteiger partial charge < -0.3 is 9.42 Å². The van der Waals surface area contributed by atoms with E-state index in [0.717, 1.165) is 55.4 Å². The molecule has 0 unspecified atom stereocenters. The summed E-state index contributed by atoms with van der Waals surface area (Å²) in [5, 5.41) is 4.79. The number of hydrogen-bond acceptors (Lipinski definition) is 6. The molecule has 3 aromatic rings. The van der Waals surface area contributed by atoms with E-state index in [2.05, 4.69) is 24.9 Å². The van der Waals surface area contributed by atoms with Crippen LogP contribution in [0.1, 0.15) is 17.0 Å². The fourth-order valence-electron chi connectivity index (χ4n) is 3.36. The van der Waals surface area contributed by atoms with Crippen molar-refractivity contribution in [1.82, 2.24) is 20.0 Å². The summed E-state index contributed by atoms with van der Waals surface area (Å²) in [6, 6.07) is 5.02. The largest absolute Gasteiger partial charge is 0.361 e. The molecule has 1 aromatic carbocycles. The Hall–Kier alpha value is -2.54. The van der Waals surface area contributed by atoms with E-state index in [1.165, 1.54) is 18.0 Å². The van der Waals surface area contributed by atoms with Gasteiger partial charge in [0, 0.05) is 43.7 Å². The molecule has 6 nitrogen and oxygen atoms in total. The van der Waals surface area contributed by atoms with E-state index >= 15 is 0 Å². The van der Waals surface area contributed by atoms with E-state index in [1.807, 2.05) is 19.9 Å². The molecule has 0 aliphatic carbocycles. The minimum Gasteiger partial charge on any atom is -0.361 e. The quantitative estimate of drug-likeness (QED) is 0.730. The average Bonchev–Trinajstić information content (AvgIpc) is 2.94. The number of para-hydroxylation sites is 1. The molecule has 0 bridgehead atoms. The van der Waals surface area contributed by atoms with Crippen LogP contribution < -0.4 is 4.90 Å². The molecule has 4 rings (SSSR count). The summed E-state index contributed by atoms with van der Waals surface area (Å²) in [7, 11) is 0. The Morgan fingerprint density at radius 3 is 2.64 bits per heavy atom. The third kappa shape index (κ3) is 2.95. The van der Waals surface area contributed by atoms with E-state index in [9.17, 15) is 4.39 Å². The lowest BCUT2D eigenvalue weighted by atomic mass is 10.1. The molecule has 0 radical (unpaired) electrons. The van der Waals surface area contributed by atoms with Gasteiger partial charge in [0.05, 0.1) is 5.69 Å². The predicted octanol–water partition coefficient (Wildman–Crippen LogP) is 2.70. The van der Waals surface area contributed by atoms with Gasteiger partial charge in [-0.3, -0.25) is 4.90 Å². The van der Waals surface area contributed by atoms with Gasteiger partial charge >= 0.3 is 0 Å².